The third-order valence-corrected chi connectivity index (χ3v) is 4.88. The molecule has 3 amide bonds. The van der Waals surface area contributed by atoms with E-state index in [9.17, 15) is 14.0 Å². The minimum absolute atomic E-state index is 0.158. The monoisotopic (exact) mass is 373 g/mol. The van der Waals surface area contributed by atoms with Crippen molar-refractivity contribution in [1.82, 2.24) is 14.7 Å². The molecule has 0 N–H and O–H groups in total. The van der Waals surface area contributed by atoms with Crippen molar-refractivity contribution in [1.29, 1.82) is 0 Å². The molecule has 4 rings (SSSR count). The van der Waals surface area contributed by atoms with Crippen LogP contribution in [0.3, 0.4) is 0 Å². The number of fused-ring (bicyclic) bond motifs is 1. The third kappa shape index (κ3) is 3.66. The van der Waals surface area contributed by atoms with Crippen molar-refractivity contribution in [3.05, 3.63) is 54.2 Å². The number of furan rings is 1. The zero-order valence-electron chi connectivity index (χ0n) is 14.7. The van der Waals surface area contributed by atoms with Gasteiger partial charge in [0, 0.05) is 26.2 Å². The maximum absolute atomic E-state index is 12.9. The number of ether oxygens (including phenoxy) is 1. The lowest BCUT2D eigenvalue weighted by Crippen LogP contribution is -2.53. The van der Waals surface area contributed by atoms with Gasteiger partial charge in [-0.15, -0.1) is 0 Å². The fraction of sp³-hybridized carbons (Fsp3) is 0.368. The van der Waals surface area contributed by atoms with Crippen LogP contribution in [0.4, 0.5) is 9.18 Å². The molecule has 0 saturated carbocycles. The highest BCUT2D eigenvalue weighted by Gasteiger charge is 2.47. The fourth-order valence-corrected chi connectivity index (χ4v) is 3.44. The van der Waals surface area contributed by atoms with Crippen LogP contribution in [0, 0.1) is 5.82 Å². The van der Waals surface area contributed by atoms with Crippen molar-refractivity contribution in [2.75, 3.05) is 32.8 Å². The number of carbonyl (C=O) groups excluding carboxylic acids is 2. The average molecular weight is 373 g/mol. The van der Waals surface area contributed by atoms with Gasteiger partial charge in [-0.05, 0) is 36.4 Å². The number of imide groups is 1. The molecule has 7 nitrogen and oxygen atoms in total. The van der Waals surface area contributed by atoms with Crippen molar-refractivity contribution in [3.8, 4) is 5.75 Å². The molecule has 2 saturated heterocycles. The highest BCUT2D eigenvalue weighted by atomic mass is 19.1. The van der Waals surface area contributed by atoms with Crippen LogP contribution < -0.4 is 4.74 Å². The van der Waals surface area contributed by atoms with Crippen molar-refractivity contribution in [2.24, 2.45) is 0 Å². The maximum atomic E-state index is 12.9. The van der Waals surface area contributed by atoms with Crippen molar-refractivity contribution in [2.45, 2.75) is 12.6 Å². The van der Waals surface area contributed by atoms with E-state index in [-0.39, 0.29) is 24.3 Å². The molecule has 1 aromatic carbocycles. The standard InChI is InChI=1S/C19H20FN3O4/c20-14-3-5-15(6-4-14)27-11-9-21-7-8-22-17(13-21)18(24)23(19(22)25)12-16-2-1-10-26-16/h1-6,10,17H,7-9,11-13H2. The molecule has 1 aromatic heterocycles. The Balaban J connectivity index is 1.31. The first kappa shape index (κ1) is 17.5. The molecule has 2 aliphatic heterocycles. The molecule has 1 unspecified atom stereocenters. The third-order valence-electron chi connectivity index (χ3n) is 4.88. The number of piperazine rings is 1. The average Bonchev–Trinajstić information content (AvgIpc) is 3.27. The van der Waals surface area contributed by atoms with E-state index < -0.39 is 6.04 Å². The molecule has 3 heterocycles. The summed E-state index contributed by atoms with van der Waals surface area (Å²) in [6.45, 7) is 2.87. The minimum atomic E-state index is -0.466. The summed E-state index contributed by atoms with van der Waals surface area (Å²) in [6, 6.07) is 8.62. The van der Waals surface area contributed by atoms with Gasteiger partial charge in [0.25, 0.3) is 5.91 Å². The second-order valence-corrected chi connectivity index (χ2v) is 6.60. The molecule has 8 heteroatoms. The first-order valence-corrected chi connectivity index (χ1v) is 8.87. The summed E-state index contributed by atoms with van der Waals surface area (Å²) < 4.78 is 23.8. The highest BCUT2D eigenvalue weighted by Crippen LogP contribution is 2.24. The van der Waals surface area contributed by atoms with Gasteiger partial charge < -0.3 is 14.1 Å². The van der Waals surface area contributed by atoms with Crippen LogP contribution in [-0.4, -0.2) is 65.5 Å². The van der Waals surface area contributed by atoms with E-state index in [1.807, 2.05) is 0 Å². The first-order valence-electron chi connectivity index (χ1n) is 8.87. The van der Waals surface area contributed by atoms with Crippen molar-refractivity contribution < 1.29 is 23.1 Å². The molecule has 1 atom stereocenters. The molecule has 0 radical (unpaired) electrons. The molecular formula is C19H20FN3O4. The summed E-state index contributed by atoms with van der Waals surface area (Å²) in [5.41, 5.74) is 0. The molecule has 142 valence electrons. The number of halogens is 1. The predicted octanol–water partition coefficient (Wildman–Crippen LogP) is 1.95. The Hall–Kier alpha value is -2.87. The zero-order chi connectivity index (χ0) is 18.8. The lowest BCUT2D eigenvalue weighted by atomic mass is 10.2. The quantitative estimate of drug-likeness (QED) is 0.724. The SMILES string of the molecule is O=C1C2CN(CCOc3ccc(F)cc3)CCN2C(=O)N1Cc1ccco1. The summed E-state index contributed by atoms with van der Waals surface area (Å²) in [7, 11) is 0. The van der Waals surface area contributed by atoms with Crippen LogP contribution in [0.5, 0.6) is 5.75 Å². The number of amides is 3. The van der Waals surface area contributed by atoms with E-state index in [1.54, 1.807) is 29.2 Å². The first-order chi connectivity index (χ1) is 13.1. The number of hydrogen-bond acceptors (Lipinski definition) is 5. The van der Waals surface area contributed by atoms with Gasteiger partial charge >= 0.3 is 6.03 Å². The van der Waals surface area contributed by atoms with Crippen molar-refractivity contribution in [3.63, 3.8) is 0 Å². The maximum Gasteiger partial charge on any atom is 0.327 e. The van der Waals surface area contributed by atoms with Gasteiger partial charge in [0.1, 0.15) is 30.0 Å². The van der Waals surface area contributed by atoms with Gasteiger partial charge in [-0.1, -0.05) is 0 Å². The van der Waals surface area contributed by atoms with E-state index >= 15 is 0 Å². The van der Waals surface area contributed by atoms with Gasteiger partial charge in [-0.25, -0.2) is 9.18 Å². The Labute approximate surface area is 155 Å². The van der Waals surface area contributed by atoms with E-state index in [0.717, 1.165) is 0 Å². The topological polar surface area (TPSA) is 66.2 Å². The summed E-state index contributed by atoms with van der Waals surface area (Å²) in [6.07, 6.45) is 1.52. The zero-order valence-corrected chi connectivity index (χ0v) is 14.7. The number of carbonyl (C=O) groups is 2. The van der Waals surface area contributed by atoms with E-state index in [0.29, 0.717) is 44.3 Å². The van der Waals surface area contributed by atoms with Crippen LogP contribution in [0.15, 0.2) is 47.1 Å². The molecule has 2 fully saturated rings. The van der Waals surface area contributed by atoms with E-state index in [2.05, 4.69) is 4.90 Å². The number of urea groups is 1. The number of hydrogen-bond donors (Lipinski definition) is 0. The number of rotatable bonds is 6. The van der Waals surface area contributed by atoms with Gasteiger partial charge in [0.2, 0.25) is 0 Å². The van der Waals surface area contributed by atoms with E-state index in [1.165, 1.54) is 23.3 Å². The molecule has 2 aliphatic rings. The molecule has 27 heavy (non-hydrogen) atoms. The Morgan fingerprint density at radius 2 is 1.96 bits per heavy atom. The Morgan fingerprint density at radius 3 is 2.70 bits per heavy atom. The van der Waals surface area contributed by atoms with Crippen molar-refractivity contribution >= 4 is 11.9 Å². The molecule has 0 aliphatic carbocycles. The summed E-state index contributed by atoms with van der Waals surface area (Å²) in [5.74, 6) is 0.690. The van der Waals surface area contributed by atoms with Gasteiger partial charge in [0.15, 0.2) is 0 Å². The smallest absolute Gasteiger partial charge is 0.327 e. The molecular weight excluding hydrogens is 353 g/mol. The second kappa shape index (κ2) is 7.40. The normalized spacial score (nSPS) is 20.3. The Morgan fingerprint density at radius 1 is 1.15 bits per heavy atom. The lowest BCUT2D eigenvalue weighted by molar-refractivity contribution is -0.130. The van der Waals surface area contributed by atoms with Crippen LogP contribution in [0.1, 0.15) is 5.76 Å². The van der Waals surface area contributed by atoms with E-state index in [4.69, 9.17) is 9.15 Å². The highest BCUT2D eigenvalue weighted by molar-refractivity contribution is 6.04. The second-order valence-electron chi connectivity index (χ2n) is 6.60. The number of benzene rings is 1. The largest absolute Gasteiger partial charge is 0.492 e. The Kier molecular flexibility index (Phi) is 4.81. The molecule has 2 aromatic rings. The van der Waals surface area contributed by atoms with Gasteiger partial charge in [-0.3, -0.25) is 14.6 Å². The Bertz CT molecular complexity index is 809. The van der Waals surface area contributed by atoms with Crippen LogP contribution in [-0.2, 0) is 11.3 Å². The number of nitrogens with zero attached hydrogens (tertiary/aromatic N) is 3. The summed E-state index contributed by atoms with van der Waals surface area (Å²) in [4.78, 5) is 30.2. The van der Waals surface area contributed by atoms with Crippen LogP contribution in [0.25, 0.3) is 0 Å². The minimum Gasteiger partial charge on any atom is -0.492 e. The predicted molar refractivity (Wildman–Crippen MR) is 93.5 cm³/mol. The molecule has 0 spiro atoms. The molecule has 0 bridgehead atoms. The van der Waals surface area contributed by atoms with Gasteiger partial charge in [-0.2, -0.15) is 0 Å². The van der Waals surface area contributed by atoms with Crippen LogP contribution in [0.2, 0.25) is 0 Å². The fourth-order valence-electron chi connectivity index (χ4n) is 3.44. The lowest BCUT2D eigenvalue weighted by Gasteiger charge is -2.35. The summed E-state index contributed by atoms with van der Waals surface area (Å²) in [5, 5.41) is 0. The van der Waals surface area contributed by atoms with Gasteiger partial charge in [0.05, 0.1) is 12.8 Å². The summed E-state index contributed by atoms with van der Waals surface area (Å²) >= 11 is 0. The van der Waals surface area contributed by atoms with Crippen LogP contribution >= 0.6 is 0 Å².